The molecular formula is C65H45N. The average Bonchev–Trinajstić information content (AvgIpc) is 3.70. The first-order valence-corrected chi connectivity index (χ1v) is 22.8. The SMILES string of the molecule is c1ccc(-c2ccccc2-c2cccc(N(c3ccc4c(c3)C(c3ccccc3)(c3ccccc3)c3ccccc3-4)c3ccccc3-c3cccc(-c4cccc5ccccc45)c3)c2)cc1. The minimum absolute atomic E-state index is 0.543. The summed E-state index contributed by atoms with van der Waals surface area (Å²) in [5.41, 5.74) is 19.8. The first-order valence-electron chi connectivity index (χ1n) is 22.8. The molecule has 1 heteroatoms. The molecule has 0 unspecified atom stereocenters. The molecule has 0 fully saturated rings. The highest BCUT2D eigenvalue weighted by Gasteiger charge is 2.46. The molecule has 0 radical (unpaired) electrons. The molecule has 0 heterocycles. The summed E-state index contributed by atoms with van der Waals surface area (Å²) >= 11 is 0. The highest BCUT2D eigenvalue weighted by atomic mass is 15.1. The van der Waals surface area contributed by atoms with Crippen molar-refractivity contribution in [2.75, 3.05) is 4.90 Å². The molecule has 0 bridgehead atoms. The number of hydrogen-bond acceptors (Lipinski definition) is 1. The standard InChI is InChI=1S/C65H45N/c1-4-21-46(22-5-1)55-34-12-13-35-57(55)50-27-19-32-53(44-50)66(64-40-17-15-36-59(64)49-26-18-25-48(43-49)58-38-20-24-47-23-10-11-33-56(47)58)54-41-42-61-60-37-14-16-39-62(60)65(63(61)45-54,51-28-6-2-7-29-51)52-30-8-3-9-31-52/h1-45H. The molecule has 1 aliphatic rings. The van der Waals surface area contributed by atoms with E-state index in [9.17, 15) is 0 Å². The fourth-order valence-electron chi connectivity index (χ4n) is 10.7. The zero-order valence-electron chi connectivity index (χ0n) is 36.4. The molecule has 0 saturated carbocycles. The molecule has 0 aromatic heterocycles. The lowest BCUT2D eigenvalue weighted by atomic mass is 9.67. The summed E-state index contributed by atoms with van der Waals surface area (Å²) in [6.45, 7) is 0. The Morgan fingerprint density at radius 2 is 0.727 bits per heavy atom. The van der Waals surface area contributed by atoms with Crippen LogP contribution in [0.3, 0.4) is 0 Å². The highest BCUT2D eigenvalue weighted by molar-refractivity contribution is 5.99. The maximum Gasteiger partial charge on any atom is 0.0714 e. The fourth-order valence-corrected chi connectivity index (χ4v) is 10.7. The molecule has 0 saturated heterocycles. The van der Waals surface area contributed by atoms with Gasteiger partial charge >= 0.3 is 0 Å². The number of hydrogen-bond donors (Lipinski definition) is 0. The Bertz CT molecular complexity index is 3490. The number of nitrogens with zero attached hydrogens (tertiary/aromatic N) is 1. The Morgan fingerprint density at radius 3 is 1.47 bits per heavy atom. The van der Waals surface area contributed by atoms with Gasteiger partial charge in [-0.2, -0.15) is 0 Å². The predicted molar refractivity (Wildman–Crippen MR) is 278 cm³/mol. The first kappa shape index (κ1) is 39.1. The molecule has 0 spiro atoms. The maximum atomic E-state index is 2.48. The lowest BCUT2D eigenvalue weighted by molar-refractivity contribution is 0.768. The van der Waals surface area contributed by atoms with Crippen LogP contribution < -0.4 is 4.90 Å². The Balaban J connectivity index is 1.10. The van der Waals surface area contributed by atoms with Crippen LogP contribution in [0, 0.1) is 0 Å². The summed E-state index contributed by atoms with van der Waals surface area (Å²) in [5.74, 6) is 0. The van der Waals surface area contributed by atoms with Gasteiger partial charge in [0.15, 0.2) is 0 Å². The van der Waals surface area contributed by atoms with Crippen LogP contribution >= 0.6 is 0 Å². The van der Waals surface area contributed by atoms with Crippen LogP contribution in [-0.4, -0.2) is 0 Å². The lowest BCUT2D eigenvalue weighted by Crippen LogP contribution is -2.28. The highest BCUT2D eigenvalue weighted by Crippen LogP contribution is 2.57. The number of fused-ring (bicyclic) bond motifs is 4. The third-order valence-corrected chi connectivity index (χ3v) is 13.5. The molecule has 1 aliphatic carbocycles. The Hall–Kier alpha value is -8.52. The van der Waals surface area contributed by atoms with Gasteiger partial charge in [-0.15, -0.1) is 0 Å². The average molecular weight is 840 g/mol. The van der Waals surface area contributed by atoms with E-state index in [-0.39, 0.29) is 0 Å². The van der Waals surface area contributed by atoms with Crippen molar-refractivity contribution >= 4 is 27.8 Å². The molecule has 0 atom stereocenters. The smallest absolute Gasteiger partial charge is 0.0714 e. The van der Waals surface area contributed by atoms with Gasteiger partial charge < -0.3 is 4.90 Å². The molecule has 11 aromatic rings. The van der Waals surface area contributed by atoms with Crippen LogP contribution in [0.15, 0.2) is 273 Å². The van der Waals surface area contributed by atoms with Crippen molar-refractivity contribution in [3.05, 3.63) is 295 Å². The molecule has 1 nitrogen and oxygen atoms in total. The predicted octanol–water partition coefficient (Wildman–Crippen LogP) is 17.3. The lowest BCUT2D eigenvalue weighted by Gasteiger charge is -2.35. The summed E-state index contributed by atoms with van der Waals surface area (Å²) in [6, 6.07) is 100. The minimum atomic E-state index is -0.543. The van der Waals surface area contributed by atoms with Crippen molar-refractivity contribution in [3.8, 4) is 55.6 Å². The monoisotopic (exact) mass is 839 g/mol. The molecule has 310 valence electrons. The van der Waals surface area contributed by atoms with Gasteiger partial charge in [0.1, 0.15) is 0 Å². The zero-order chi connectivity index (χ0) is 43.9. The fraction of sp³-hybridized carbons (Fsp3) is 0.0154. The van der Waals surface area contributed by atoms with E-state index in [1.165, 1.54) is 72.0 Å². The van der Waals surface area contributed by atoms with Gasteiger partial charge in [0.25, 0.3) is 0 Å². The van der Waals surface area contributed by atoms with Crippen LogP contribution in [-0.2, 0) is 5.41 Å². The van der Waals surface area contributed by atoms with Gasteiger partial charge in [-0.3, -0.25) is 0 Å². The Labute approximate surface area is 387 Å². The van der Waals surface area contributed by atoms with Crippen molar-refractivity contribution in [3.63, 3.8) is 0 Å². The summed E-state index contributed by atoms with van der Waals surface area (Å²) < 4.78 is 0. The minimum Gasteiger partial charge on any atom is -0.310 e. The van der Waals surface area contributed by atoms with E-state index in [1.807, 2.05) is 0 Å². The van der Waals surface area contributed by atoms with Crippen LogP contribution in [0.25, 0.3) is 66.4 Å². The van der Waals surface area contributed by atoms with Crippen LogP contribution in [0.2, 0.25) is 0 Å². The maximum absolute atomic E-state index is 2.48. The quantitative estimate of drug-likeness (QED) is 0.140. The molecule has 66 heavy (non-hydrogen) atoms. The largest absolute Gasteiger partial charge is 0.310 e. The number of anilines is 3. The van der Waals surface area contributed by atoms with E-state index in [4.69, 9.17) is 0 Å². The van der Waals surface area contributed by atoms with Gasteiger partial charge in [0.2, 0.25) is 0 Å². The van der Waals surface area contributed by atoms with Crippen LogP contribution in [0.4, 0.5) is 17.1 Å². The Morgan fingerprint density at radius 1 is 0.258 bits per heavy atom. The van der Waals surface area contributed by atoms with Crippen molar-refractivity contribution in [2.45, 2.75) is 5.41 Å². The van der Waals surface area contributed by atoms with Crippen molar-refractivity contribution in [2.24, 2.45) is 0 Å². The van der Waals surface area contributed by atoms with E-state index in [1.54, 1.807) is 0 Å². The van der Waals surface area contributed by atoms with Gasteiger partial charge in [-0.05, 0) is 119 Å². The van der Waals surface area contributed by atoms with Crippen LogP contribution in [0.1, 0.15) is 22.3 Å². The second kappa shape index (κ2) is 16.6. The van der Waals surface area contributed by atoms with Gasteiger partial charge in [-0.1, -0.05) is 237 Å². The zero-order valence-corrected chi connectivity index (χ0v) is 36.4. The molecular weight excluding hydrogens is 795 g/mol. The van der Waals surface area contributed by atoms with Gasteiger partial charge in [-0.25, -0.2) is 0 Å². The third-order valence-electron chi connectivity index (χ3n) is 13.5. The molecule has 0 N–H and O–H groups in total. The van der Waals surface area contributed by atoms with Crippen molar-refractivity contribution in [1.29, 1.82) is 0 Å². The van der Waals surface area contributed by atoms with E-state index >= 15 is 0 Å². The van der Waals surface area contributed by atoms with Crippen molar-refractivity contribution < 1.29 is 0 Å². The topological polar surface area (TPSA) is 3.24 Å². The van der Waals surface area contributed by atoms with Gasteiger partial charge in [0, 0.05) is 16.9 Å². The summed E-state index contributed by atoms with van der Waals surface area (Å²) in [7, 11) is 0. The van der Waals surface area contributed by atoms with E-state index in [0.29, 0.717) is 0 Å². The summed E-state index contributed by atoms with van der Waals surface area (Å²) in [6.07, 6.45) is 0. The first-order chi connectivity index (χ1) is 32.8. The second-order valence-corrected chi connectivity index (χ2v) is 17.2. The number of para-hydroxylation sites is 1. The van der Waals surface area contributed by atoms with E-state index in [0.717, 1.165) is 33.8 Å². The second-order valence-electron chi connectivity index (χ2n) is 17.2. The molecule has 0 amide bonds. The third kappa shape index (κ3) is 6.56. The molecule has 12 rings (SSSR count). The van der Waals surface area contributed by atoms with Gasteiger partial charge in [0.05, 0.1) is 11.1 Å². The number of benzene rings is 11. The summed E-state index contributed by atoms with van der Waals surface area (Å²) in [4.78, 5) is 2.48. The molecule has 11 aromatic carbocycles. The van der Waals surface area contributed by atoms with E-state index < -0.39 is 5.41 Å². The van der Waals surface area contributed by atoms with Crippen molar-refractivity contribution in [1.82, 2.24) is 0 Å². The summed E-state index contributed by atoms with van der Waals surface area (Å²) in [5, 5.41) is 2.49. The van der Waals surface area contributed by atoms with E-state index in [2.05, 4.69) is 278 Å². The Kier molecular flexibility index (Phi) is 9.81. The van der Waals surface area contributed by atoms with Crippen LogP contribution in [0.5, 0.6) is 0 Å². The number of rotatable bonds is 9. The molecule has 0 aliphatic heterocycles. The normalized spacial score (nSPS) is 12.4.